The molecule has 0 radical (unpaired) electrons. The molecule has 1 aliphatic carbocycles. The van der Waals surface area contributed by atoms with Crippen LogP contribution in [-0.4, -0.2) is 32.7 Å². The predicted molar refractivity (Wildman–Crippen MR) is 114 cm³/mol. The van der Waals surface area contributed by atoms with Crippen LogP contribution in [-0.2, 0) is 11.3 Å². The zero-order valence-electron chi connectivity index (χ0n) is 16.4. The fraction of sp³-hybridized carbons (Fsp3) is 0.304. The first-order valence-electron chi connectivity index (χ1n) is 9.93. The number of aromatic nitrogens is 2. The molecule has 6 heteroatoms. The zero-order chi connectivity index (χ0) is 20.2. The molecule has 3 aromatic rings. The number of amides is 1. The summed E-state index contributed by atoms with van der Waals surface area (Å²) in [6.45, 7) is 2.95. The number of nitrogens with zero attached hydrogens (tertiary/aromatic N) is 3. The lowest BCUT2D eigenvalue weighted by atomic mass is 10.2. The molecule has 29 heavy (non-hydrogen) atoms. The van der Waals surface area contributed by atoms with Gasteiger partial charge in [-0.2, -0.15) is 0 Å². The van der Waals surface area contributed by atoms with E-state index in [2.05, 4.69) is 21.7 Å². The third-order valence-electron chi connectivity index (χ3n) is 5.07. The van der Waals surface area contributed by atoms with Crippen LogP contribution in [0.3, 0.4) is 0 Å². The lowest BCUT2D eigenvalue weighted by Crippen LogP contribution is -2.31. The van der Waals surface area contributed by atoms with Crippen LogP contribution in [0.1, 0.15) is 31.4 Å². The van der Waals surface area contributed by atoms with Crippen LogP contribution in [0.5, 0.6) is 0 Å². The van der Waals surface area contributed by atoms with Gasteiger partial charge in [0.25, 0.3) is 0 Å². The number of halogens is 1. The van der Waals surface area contributed by atoms with Crippen molar-refractivity contribution in [2.24, 2.45) is 0 Å². The average molecular weight is 410 g/mol. The molecule has 0 N–H and O–H groups in total. The van der Waals surface area contributed by atoms with Crippen LogP contribution >= 0.6 is 11.8 Å². The Hall–Kier alpha value is -2.60. The second kappa shape index (κ2) is 8.82. The molecule has 150 valence electrons. The molecule has 1 fully saturated rings. The van der Waals surface area contributed by atoms with E-state index in [1.807, 2.05) is 37.4 Å². The van der Waals surface area contributed by atoms with Gasteiger partial charge in [-0.3, -0.25) is 4.79 Å². The maximum Gasteiger partial charge on any atom is 0.233 e. The molecule has 2 aromatic carbocycles. The number of hydrogen-bond acceptors (Lipinski definition) is 3. The van der Waals surface area contributed by atoms with Gasteiger partial charge in [-0.15, -0.1) is 0 Å². The van der Waals surface area contributed by atoms with Gasteiger partial charge in [0.2, 0.25) is 5.91 Å². The minimum absolute atomic E-state index is 0.0355. The van der Waals surface area contributed by atoms with Gasteiger partial charge in [0.05, 0.1) is 17.6 Å². The summed E-state index contributed by atoms with van der Waals surface area (Å²) >= 11 is 1.48. The van der Waals surface area contributed by atoms with Gasteiger partial charge in [-0.25, -0.2) is 9.37 Å². The molecule has 1 aromatic heterocycles. The highest BCUT2D eigenvalue weighted by atomic mass is 32.2. The summed E-state index contributed by atoms with van der Waals surface area (Å²) in [6.07, 6.45) is 4.21. The van der Waals surface area contributed by atoms with E-state index in [0.29, 0.717) is 24.9 Å². The van der Waals surface area contributed by atoms with Crippen molar-refractivity contribution in [3.63, 3.8) is 0 Å². The monoisotopic (exact) mass is 409 g/mol. The van der Waals surface area contributed by atoms with E-state index in [1.165, 1.54) is 23.9 Å². The molecule has 0 saturated heterocycles. The van der Waals surface area contributed by atoms with Crippen molar-refractivity contribution < 1.29 is 9.18 Å². The molecule has 0 spiro atoms. The van der Waals surface area contributed by atoms with Crippen LogP contribution in [0.2, 0.25) is 0 Å². The first kappa shape index (κ1) is 19.7. The van der Waals surface area contributed by atoms with Gasteiger partial charge < -0.3 is 9.47 Å². The molecule has 0 atom stereocenters. The van der Waals surface area contributed by atoms with Crippen molar-refractivity contribution in [1.29, 1.82) is 0 Å². The third kappa shape index (κ3) is 4.70. The lowest BCUT2D eigenvalue weighted by Gasteiger charge is -2.21. The molecular formula is C23H24FN3OS. The fourth-order valence-corrected chi connectivity index (χ4v) is 4.36. The first-order valence-corrected chi connectivity index (χ1v) is 10.9. The van der Waals surface area contributed by atoms with Crippen LogP contribution in [0.25, 0.3) is 11.3 Å². The topological polar surface area (TPSA) is 38.1 Å². The molecule has 1 saturated carbocycles. The van der Waals surface area contributed by atoms with Gasteiger partial charge in [0, 0.05) is 19.1 Å². The number of rotatable bonds is 8. The molecule has 0 aliphatic heterocycles. The molecule has 0 unspecified atom stereocenters. The Morgan fingerprint density at radius 1 is 1.21 bits per heavy atom. The fourth-order valence-electron chi connectivity index (χ4n) is 3.41. The standard InChI is InChI=1S/C23H24FN3OS/c1-2-26(15-17-7-6-10-19(24)13-17)22(28)16-29-23-25-14-21(27(23)20-11-12-20)18-8-4-3-5-9-18/h3-10,13-14,20H,2,11-12,15-16H2,1H3. The second-order valence-electron chi connectivity index (χ2n) is 7.22. The van der Waals surface area contributed by atoms with E-state index >= 15 is 0 Å². The van der Waals surface area contributed by atoms with Crippen LogP contribution < -0.4 is 0 Å². The summed E-state index contributed by atoms with van der Waals surface area (Å²) in [7, 11) is 0. The van der Waals surface area contributed by atoms with Crippen LogP contribution in [0, 0.1) is 5.82 Å². The number of thioether (sulfide) groups is 1. The highest BCUT2D eigenvalue weighted by molar-refractivity contribution is 7.99. The van der Waals surface area contributed by atoms with E-state index in [4.69, 9.17) is 0 Å². The van der Waals surface area contributed by atoms with Crippen molar-refractivity contribution in [2.45, 2.75) is 37.5 Å². The summed E-state index contributed by atoms with van der Waals surface area (Å²) in [5, 5.41) is 0.890. The quantitative estimate of drug-likeness (QED) is 0.482. The van der Waals surface area contributed by atoms with E-state index in [0.717, 1.165) is 34.8 Å². The van der Waals surface area contributed by atoms with Gasteiger partial charge in [-0.1, -0.05) is 54.2 Å². The number of hydrogen-bond donors (Lipinski definition) is 0. The lowest BCUT2D eigenvalue weighted by molar-refractivity contribution is -0.128. The normalized spacial score (nSPS) is 13.4. The molecule has 0 bridgehead atoms. The minimum atomic E-state index is -0.278. The summed E-state index contributed by atoms with van der Waals surface area (Å²) in [5.74, 6) is 0.0786. The van der Waals surface area contributed by atoms with E-state index in [9.17, 15) is 9.18 Å². The minimum Gasteiger partial charge on any atom is -0.338 e. The predicted octanol–water partition coefficient (Wildman–Crippen LogP) is 5.16. The number of carbonyl (C=O) groups excluding carboxylic acids is 1. The maximum absolute atomic E-state index is 13.4. The summed E-state index contributed by atoms with van der Waals surface area (Å²) in [4.78, 5) is 19.2. The largest absolute Gasteiger partial charge is 0.338 e. The van der Waals surface area contributed by atoms with Gasteiger partial charge in [0.1, 0.15) is 5.82 Å². The number of benzene rings is 2. The van der Waals surface area contributed by atoms with Crippen molar-refractivity contribution in [3.8, 4) is 11.3 Å². The second-order valence-corrected chi connectivity index (χ2v) is 8.16. The molecule has 1 aliphatic rings. The summed E-state index contributed by atoms with van der Waals surface area (Å²) in [5.41, 5.74) is 3.05. The first-order chi connectivity index (χ1) is 14.2. The average Bonchev–Trinajstić information content (AvgIpc) is 3.49. The van der Waals surface area contributed by atoms with Crippen molar-refractivity contribution in [2.75, 3.05) is 12.3 Å². The molecule has 4 nitrogen and oxygen atoms in total. The zero-order valence-corrected chi connectivity index (χ0v) is 17.2. The van der Waals surface area contributed by atoms with Crippen molar-refractivity contribution in [1.82, 2.24) is 14.5 Å². The highest BCUT2D eigenvalue weighted by Crippen LogP contribution is 2.41. The van der Waals surface area contributed by atoms with Gasteiger partial charge in [-0.05, 0) is 43.0 Å². The van der Waals surface area contributed by atoms with Crippen molar-refractivity contribution >= 4 is 17.7 Å². The number of carbonyl (C=O) groups is 1. The smallest absolute Gasteiger partial charge is 0.233 e. The maximum atomic E-state index is 13.4. The Labute approximate surface area is 174 Å². The van der Waals surface area contributed by atoms with E-state index < -0.39 is 0 Å². The third-order valence-corrected chi connectivity index (χ3v) is 6.02. The Bertz CT molecular complexity index is 985. The Balaban J connectivity index is 1.45. The number of imidazole rings is 1. The Kier molecular flexibility index (Phi) is 6.00. The van der Waals surface area contributed by atoms with Crippen molar-refractivity contribution in [3.05, 3.63) is 72.2 Å². The van der Waals surface area contributed by atoms with Crippen LogP contribution in [0.15, 0.2) is 66.0 Å². The Morgan fingerprint density at radius 2 is 2.00 bits per heavy atom. The van der Waals surface area contributed by atoms with Gasteiger partial charge in [0.15, 0.2) is 5.16 Å². The molecular weight excluding hydrogens is 385 g/mol. The molecule has 1 heterocycles. The molecule has 1 amide bonds. The highest BCUT2D eigenvalue weighted by Gasteiger charge is 2.29. The Morgan fingerprint density at radius 3 is 2.69 bits per heavy atom. The SMILES string of the molecule is CCN(Cc1cccc(F)c1)C(=O)CSc1ncc(-c2ccccc2)n1C1CC1. The van der Waals surface area contributed by atoms with Crippen LogP contribution in [0.4, 0.5) is 4.39 Å². The van der Waals surface area contributed by atoms with E-state index in [-0.39, 0.29) is 11.7 Å². The summed E-state index contributed by atoms with van der Waals surface area (Å²) in [6, 6.07) is 17.1. The summed E-state index contributed by atoms with van der Waals surface area (Å²) < 4.78 is 15.7. The van der Waals surface area contributed by atoms with E-state index in [1.54, 1.807) is 11.0 Å². The van der Waals surface area contributed by atoms with Gasteiger partial charge >= 0.3 is 0 Å². The molecule has 4 rings (SSSR count).